The molecule has 0 saturated carbocycles. The maximum Gasteiger partial charge on any atom is 0.403 e. The van der Waals surface area contributed by atoms with Crippen molar-refractivity contribution < 1.29 is 17.9 Å². The van der Waals surface area contributed by atoms with Crippen molar-refractivity contribution in [2.75, 3.05) is 7.11 Å². The number of nitrogens with zero attached hydrogens (tertiary/aromatic N) is 2. The van der Waals surface area contributed by atoms with Gasteiger partial charge in [0, 0.05) is 19.0 Å². The second-order valence-corrected chi connectivity index (χ2v) is 3.55. The average molecular weight is 237 g/mol. The number of hydrogen-bond acceptors (Lipinski definition) is 3. The molecule has 4 nitrogen and oxygen atoms in total. The van der Waals surface area contributed by atoms with Gasteiger partial charge >= 0.3 is 6.18 Å². The molecule has 0 aliphatic carbocycles. The van der Waals surface area contributed by atoms with Crippen LogP contribution in [0.1, 0.15) is 11.3 Å². The third-order valence-corrected chi connectivity index (χ3v) is 2.33. The highest BCUT2D eigenvalue weighted by Gasteiger charge is 2.37. The standard InChI is InChI=1S/C9H14F3N3O/c1-5-6(4-7(13)9(10,11)12)8(16-3)15(2)14-5/h7H,4,13H2,1-3H3. The quantitative estimate of drug-likeness (QED) is 0.858. The Morgan fingerprint density at radius 1 is 1.50 bits per heavy atom. The van der Waals surface area contributed by atoms with E-state index in [9.17, 15) is 13.2 Å². The number of aryl methyl sites for hydroxylation is 2. The molecule has 1 unspecified atom stereocenters. The molecular weight excluding hydrogens is 223 g/mol. The third kappa shape index (κ3) is 2.46. The van der Waals surface area contributed by atoms with Crippen LogP contribution in [-0.4, -0.2) is 29.1 Å². The van der Waals surface area contributed by atoms with Crippen LogP contribution in [0.5, 0.6) is 5.88 Å². The summed E-state index contributed by atoms with van der Waals surface area (Å²) in [7, 11) is 2.99. The average Bonchev–Trinajstić information content (AvgIpc) is 2.40. The highest BCUT2D eigenvalue weighted by atomic mass is 19.4. The molecule has 1 aromatic rings. The Bertz CT molecular complexity index is 373. The molecular formula is C9H14F3N3O. The Morgan fingerprint density at radius 3 is 2.50 bits per heavy atom. The number of methoxy groups -OCH3 is 1. The molecule has 0 saturated heterocycles. The predicted octanol–water partition coefficient (Wildman–Crippen LogP) is 1.17. The van der Waals surface area contributed by atoms with Crippen molar-refractivity contribution in [3.8, 4) is 5.88 Å². The van der Waals surface area contributed by atoms with Crippen LogP contribution in [0.2, 0.25) is 0 Å². The largest absolute Gasteiger partial charge is 0.481 e. The van der Waals surface area contributed by atoms with Gasteiger partial charge in [-0.15, -0.1) is 0 Å². The number of nitrogens with two attached hydrogens (primary N) is 1. The number of aromatic nitrogens is 2. The Hall–Kier alpha value is -1.24. The molecule has 1 heterocycles. The van der Waals surface area contributed by atoms with Crippen LogP contribution < -0.4 is 10.5 Å². The molecule has 0 aliphatic rings. The summed E-state index contributed by atoms with van der Waals surface area (Å²) in [6.07, 6.45) is -4.74. The Morgan fingerprint density at radius 2 is 2.06 bits per heavy atom. The summed E-state index contributed by atoms with van der Waals surface area (Å²) in [5, 5.41) is 3.99. The first kappa shape index (κ1) is 12.8. The van der Waals surface area contributed by atoms with Crippen molar-refractivity contribution in [3.05, 3.63) is 11.3 Å². The van der Waals surface area contributed by atoms with Crippen molar-refractivity contribution in [1.82, 2.24) is 9.78 Å². The van der Waals surface area contributed by atoms with Gasteiger partial charge in [-0.25, -0.2) is 4.68 Å². The van der Waals surface area contributed by atoms with Crippen LogP contribution in [-0.2, 0) is 13.5 Å². The number of rotatable bonds is 3. The van der Waals surface area contributed by atoms with Gasteiger partial charge in [-0.1, -0.05) is 0 Å². The van der Waals surface area contributed by atoms with Crippen molar-refractivity contribution >= 4 is 0 Å². The molecule has 0 bridgehead atoms. The van der Waals surface area contributed by atoms with Crippen LogP contribution in [0.3, 0.4) is 0 Å². The van der Waals surface area contributed by atoms with Crippen molar-refractivity contribution in [2.24, 2.45) is 12.8 Å². The van der Waals surface area contributed by atoms with E-state index in [0.717, 1.165) is 0 Å². The van der Waals surface area contributed by atoms with Crippen LogP contribution in [0, 0.1) is 6.92 Å². The first-order valence-corrected chi connectivity index (χ1v) is 4.66. The molecule has 7 heteroatoms. The van der Waals surface area contributed by atoms with Gasteiger partial charge in [0.15, 0.2) is 0 Å². The number of halogens is 3. The second-order valence-electron chi connectivity index (χ2n) is 3.55. The molecule has 0 radical (unpaired) electrons. The molecule has 1 atom stereocenters. The van der Waals surface area contributed by atoms with Crippen molar-refractivity contribution in [3.63, 3.8) is 0 Å². The molecule has 0 aliphatic heterocycles. The SMILES string of the molecule is COc1c(CC(N)C(F)(F)F)c(C)nn1C. The topological polar surface area (TPSA) is 53.1 Å². The molecule has 0 fully saturated rings. The van der Waals surface area contributed by atoms with E-state index in [2.05, 4.69) is 5.10 Å². The summed E-state index contributed by atoms with van der Waals surface area (Å²) < 4.78 is 43.3. The Labute approximate surface area is 91.2 Å². The van der Waals surface area contributed by atoms with E-state index in [0.29, 0.717) is 17.1 Å². The van der Waals surface area contributed by atoms with E-state index in [1.165, 1.54) is 11.8 Å². The molecule has 1 rings (SSSR count). The van der Waals surface area contributed by atoms with Crippen molar-refractivity contribution in [2.45, 2.75) is 25.6 Å². The van der Waals surface area contributed by atoms with Crippen LogP contribution in [0.15, 0.2) is 0 Å². The van der Waals surface area contributed by atoms with Crippen LogP contribution >= 0.6 is 0 Å². The minimum Gasteiger partial charge on any atom is -0.481 e. The zero-order valence-corrected chi connectivity index (χ0v) is 9.30. The van der Waals surface area contributed by atoms with Crippen LogP contribution in [0.4, 0.5) is 13.2 Å². The van der Waals surface area contributed by atoms with Gasteiger partial charge in [0.2, 0.25) is 5.88 Å². The first-order chi connectivity index (χ1) is 7.27. The first-order valence-electron chi connectivity index (χ1n) is 4.66. The lowest BCUT2D eigenvalue weighted by atomic mass is 10.1. The van der Waals surface area contributed by atoms with E-state index in [4.69, 9.17) is 10.5 Å². The highest BCUT2D eigenvalue weighted by Crippen LogP contribution is 2.27. The Balaban J connectivity index is 2.97. The number of alkyl halides is 3. The molecule has 0 spiro atoms. The fourth-order valence-corrected chi connectivity index (χ4v) is 1.51. The minimum absolute atomic E-state index is 0.317. The van der Waals surface area contributed by atoms with Crippen molar-refractivity contribution in [1.29, 1.82) is 0 Å². The molecule has 1 aromatic heterocycles. The fourth-order valence-electron chi connectivity index (χ4n) is 1.51. The van der Waals surface area contributed by atoms with E-state index < -0.39 is 12.2 Å². The summed E-state index contributed by atoms with van der Waals surface area (Å²) in [4.78, 5) is 0. The van der Waals surface area contributed by atoms with Gasteiger partial charge < -0.3 is 10.5 Å². The highest BCUT2D eigenvalue weighted by molar-refractivity contribution is 5.31. The minimum atomic E-state index is -4.41. The number of ether oxygens (including phenoxy) is 1. The molecule has 0 aromatic carbocycles. The lowest BCUT2D eigenvalue weighted by Gasteiger charge is -2.15. The lowest BCUT2D eigenvalue weighted by Crippen LogP contribution is -2.39. The van der Waals surface area contributed by atoms with Gasteiger partial charge in [-0.05, 0) is 6.92 Å². The summed E-state index contributed by atoms with van der Waals surface area (Å²) >= 11 is 0. The molecule has 92 valence electrons. The summed E-state index contributed by atoms with van der Waals surface area (Å²) in [5.41, 5.74) is 5.96. The van der Waals surface area contributed by atoms with E-state index in [1.807, 2.05) is 0 Å². The Kier molecular flexibility index (Phi) is 3.47. The summed E-state index contributed by atoms with van der Waals surface area (Å²) in [6.45, 7) is 1.63. The zero-order chi connectivity index (χ0) is 12.5. The smallest absolute Gasteiger partial charge is 0.403 e. The van der Waals surface area contributed by atoms with Gasteiger partial charge in [0.25, 0.3) is 0 Å². The van der Waals surface area contributed by atoms with Gasteiger partial charge in [0.05, 0.1) is 12.8 Å². The van der Waals surface area contributed by atoms with E-state index in [-0.39, 0.29) is 6.42 Å². The summed E-state index contributed by atoms with van der Waals surface area (Å²) in [6, 6.07) is -1.90. The van der Waals surface area contributed by atoms with Gasteiger partial charge in [-0.2, -0.15) is 18.3 Å². The second kappa shape index (κ2) is 4.32. The molecule has 0 amide bonds. The summed E-state index contributed by atoms with van der Waals surface area (Å²) in [5.74, 6) is 0.317. The fraction of sp³-hybridized carbons (Fsp3) is 0.667. The maximum absolute atomic E-state index is 12.3. The normalized spacial score (nSPS) is 13.9. The van der Waals surface area contributed by atoms with E-state index >= 15 is 0 Å². The van der Waals surface area contributed by atoms with Gasteiger partial charge in [-0.3, -0.25) is 0 Å². The zero-order valence-electron chi connectivity index (χ0n) is 9.30. The maximum atomic E-state index is 12.3. The van der Waals surface area contributed by atoms with E-state index in [1.54, 1.807) is 14.0 Å². The molecule has 16 heavy (non-hydrogen) atoms. The number of hydrogen-bond donors (Lipinski definition) is 1. The van der Waals surface area contributed by atoms with Crippen LogP contribution in [0.25, 0.3) is 0 Å². The third-order valence-electron chi connectivity index (χ3n) is 2.33. The lowest BCUT2D eigenvalue weighted by molar-refractivity contribution is -0.147. The molecule has 2 N–H and O–H groups in total. The van der Waals surface area contributed by atoms with Gasteiger partial charge in [0.1, 0.15) is 6.04 Å². The monoisotopic (exact) mass is 237 g/mol. The predicted molar refractivity (Wildman–Crippen MR) is 52.2 cm³/mol.